The van der Waals surface area contributed by atoms with E-state index in [1.165, 1.54) is 6.07 Å². The molecule has 0 aromatic heterocycles. The van der Waals surface area contributed by atoms with Crippen molar-refractivity contribution in [1.82, 2.24) is 5.32 Å². The highest BCUT2D eigenvalue weighted by molar-refractivity contribution is 5.95. The summed E-state index contributed by atoms with van der Waals surface area (Å²) >= 11 is 0. The van der Waals surface area contributed by atoms with Crippen molar-refractivity contribution >= 4 is 23.3 Å². The fraction of sp³-hybridized carbons (Fsp3) is 0.273. The van der Waals surface area contributed by atoms with Crippen LogP contribution in [0.15, 0.2) is 18.2 Å². The lowest BCUT2D eigenvalue weighted by Gasteiger charge is -2.06. The lowest BCUT2D eigenvalue weighted by molar-refractivity contribution is -0.137. The van der Waals surface area contributed by atoms with E-state index >= 15 is 0 Å². The molecule has 0 fully saturated rings. The summed E-state index contributed by atoms with van der Waals surface area (Å²) < 4.78 is 0. The van der Waals surface area contributed by atoms with E-state index in [0.717, 1.165) is 0 Å². The number of nitrogen functional groups attached to an aromatic ring is 2. The summed E-state index contributed by atoms with van der Waals surface area (Å²) in [5.74, 6) is -1.17. The van der Waals surface area contributed by atoms with Crippen LogP contribution in [0.5, 0.6) is 0 Å². The van der Waals surface area contributed by atoms with E-state index < -0.39 is 5.97 Å². The minimum absolute atomic E-state index is 0.0319. The number of benzene rings is 1. The minimum Gasteiger partial charge on any atom is -0.481 e. The van der Waals surface area contributed by atoms with Gasteiger partial charge in [0.05, 0.1) is 11.4 Å². The van der Waals surface area contributed by atoms with Crippen molar-refractivity contribution in [2.45, 2.75) is 12.8 Å². The summed E-state index contributed by atoms with van der Waals surface area (Å²) in [7, 11) is 0. The molecule has 1 aromatic rings. The van der Waals surface area contributed by atoms with Crippen molar-refractivity contribution in [1.29, 1.82) is 0 Å². The molecule has 0 aliphatic carbocycles. The monoisotopic (exact) mass is 237 g/mol. The van der Waals surface area contributed by atoms with Crippen LogP contribution in [-0.4, -0.2) is 23.5 Å². The highest BCUT2D eigenvalue weighted by Gasteiger charge is 2.06. The third-order valence-electron chi connectivity index (χ3n) is 2.20. The Morgan fingerprint density at radius 2 is 1.94 bits per heavy atom. The number of carboxylic acid groups (broad SMARTS) is 1. The van der Waals surface area contributed by atoms with Crippen LogP contribution in [0.1, 0.15) is 23.2 Å². The predicted molar refractivity (Wildman–Crippen MR) is 64.5 cm³/mol. The van der Waals surface area contributed by atoms with Gasteiger partial charge in [0.15, 0.2) is 0 Å². The fourth-order valence-electron chi connectivity index (χ4n) is 1.26. The molecule has 0 aliphatic rings. The number of hydrogen-bond donors (Lipinski definition) is 4. The van der Waals surface area contributed by atoms with Crippen molar-refractivity contribution in [2.75, 3.05) is 18.0 Å². The van der Waals surface area contributed by atoms with E-state index in [1.807, 2.05) is 0 Å². The molecule has 0 unspecified atom stereocenters. The first-order valence-corrected chi connectivity index (χ1v) is 5.15. The van der Waals surface area contributed by atoms with Gasteiger partial charge in [-0.2, -0.15) is 0 Å². The molecule has 0 saturated heterocycles. The van der Waals surface area contributed by atoms with E-state index in [-0.39, 0.29) is 12.3 Å². The fourth-order valence-corrected chi connectivity index (χ4v) is 1.26. The lowest BCUT2D eigenvalue weighted by atomic mass is 10.1. The van der Waals surface area contributed by atoms with Crippen LogP contribution < -0.4 is 16.8 Å². The van der Waals surface area contributed by atoms with Gasteiger partial charge in [0.1, 0.15) is 0 Å². The number of nitrogens with two attached hydrogens (primary N) is 2. The van der Waals surface area contributed by atoms with Crippen LogP contribution in [-0.2, 0) is 4.79 Å². The van der Waals surface area contributed by atoms with Gasteiger partial charge in [0.2, 0.25) is 0 Å². The SMILES string of the molecule is Nc1ccc(C(=O)NCCCC(=O)O)cc1N. The highest BCUT2D eigenvalue weighted by atomic mass is 16.4. The van der Waals surface area contributed by atoms with Gasteiger partial charge in [-0.25, -0.2) is 0 Å². The molecule has 1 aromatic carbocycles. The highest BCUT2D eigenvalue weighted by Crippen LogP contribution is 2.15. The number of nitrogens with one attached hydrogen (secondary N) is 1. The Bertz CT molecular complexity index is 432. The molecule has 6 heteroatoms. The first-order chi connectivity index (χ1) is 8.00. The van der Waals surface area contributed by atoms with Crippen molar-refractivity contribution in [3.05, 3.63) is 23.8 Å². The molecular formula is C11H15N3O3. The van der Waals surface area contributed by atoms with Gasteiger partial charge >= 0.3 is 5.97 Å². The second kappa shape index (κ2) is 5.74. The van der Waals surface area contributed by atoms with E-state index in [1.54, 1.807) is 12.1 Å². The van der Waals surface area contributed by atoms with E-state index in [0.29, 0.717) is 29.9 Å². The zero-order valence-electron chi connectivity index (χ0n) is 9.27. The molecule has 6 nitrogen and oxygen atoms in total. The Morgan fingerprint density at radius 1 is 1.24 bits per heavy atom. The average molecular weight is 237 g/mol. The van der Waals surface area contributed by atoms with Gasteiger partial charge in [0, 0.05) is 18.5 Å². The van der Waals surface area contributed by atoms with Crippen LogP contribution in [0.3, 0.4) is 0 Å². The van der Waals surface area contributed by atoms with Crippen molar-refractivity contribution in [3.8, 4) is 0 Å². The summed E-state index contributed by atoms with van der Waals surface area (Å²) in [4.78, 5) is 21.9. The first-order valence-electron chi connectivity index (χ1n) is 5.15. The molecule has 1 rings (SSSR count). The van der Waals surface area contributed by atoms with Gasteiger partial charge in [-0.15, -0.1) is 0 Å². The Hall–Kier alpha value is -2.24. The Labute approximate surface area is 98.6 Å². The summed E-state index contributed by atoms with van der Waals surface area (Å²) in [6.45, 7) is 0.315. The number of carbonyl (C=O) groups excluding carboxylic acids is 1. The Kier molecular flexibility index (Phi) is 4.33. The second-order valence-corrected chi connectivity index (χ2v) is 3.60. The third-order valence-corrected chi connectivity index (χ3v) is 2.20. The number of carbonyl (C=O) groups is 2. The van der Waals surface area contributed by atoms with Gasteiger partial charge < -0.3 is 21.9 Å². The largest absolute Gasteiger partial charge is 0.481 e. The summed E-state index contributed by atoms with van der Waals surface area (Å²) in [6, 6.07) is 4.61. The van der Waals surface area contributed by atoms with Crippen LogP contribution in [0.25, 0.3) is 0 Å². The zero-order valence-corrected chi connectivity index (χ0v) is 9.27. The number of amides is 1. The molecule has 6 N–H and O–H groups in total. The van der Waals surface area contributed by atoms with Crippen LogP contribution in [0.4, 0.5) is 11.4 Å². The van der Waals surface area contributed by atoms with E-state index in [9.17, 15) is 9.59 Å². The average Bonchev–Trinajstić information content (AvgIpc) is 2.27. The Balaban J connectivity index is 2.47. The molecule has 0 atom stereocenters. The number of anilines is 2. The van der Waals surface area contributed by atoms with Crippen molar-refractivity contribution in [3.63, 3.8) is 0 Å². The lowest BCUT2D eigenvalue weighted by Crippen LogP contribution is -2.25. The standard InChI is InChI=1S/C11H15N3O3/c12-8-4-3-7(6-9(8)13)11(17)14-5-1-2-10(15)16/h3-4,6H,1-2,5,12-13H2,(H,14,17)(H,15,16). The normalized spacial score (nSPS) is 9.88. The summed E-state index contributed by atoms with van der Waals surface area (Å²) in [6.07, 6.45) is 0.426. The van der Waals surface area contributed by atoms with Crippen LogP contribution in [0.2, 0.25) is 0 Å². The smallest absolute Gasteiger partial charge is 0.303 e. The molecule has 0 heterocycles. The number of hydrogen-bond acceptors (Lipinski definition) is 4. The molecular weight excluding hydrogens is 222 g/mol. The molecule has 0 spiro atoms. The molecule has 17 heavy (non-hydrogen) atoms. The maximum Gasteiger partial charge on any atom is 0.303 e. The molecule has 0 bridgehead atoms. The summed E-state index contributed by atoms with van der Waals surface area (Å²) in [5.41, 5.74) is 12.3. The summed E-state index contributed by atoms with van der Waals surface area (Å²) in [5, 5.41) is 11.0. The first kappa shape index (κ1) is 12.8. The van der Waals surface area contributed by atoms with Gasteiger partial charge in [-0.05, 0) is 24.6 Å². The Morgan fingerprint density at radius 3 is 2.53 bits per heavy atom. The third kappa shape index (κ3) is 4.02. The quantitative estimate of drug-likeness (QED) is 0.438. The number of rotatable bonds is 5. The van der Waals surface area contributed by atoms with E-state index in [4.69, 9.17) is 16.6 Å². The number of carboxylic acids is 1. The predicted octanol–water partition coefficient (Wildman–Crippen LogP) is 0.446. The molecule has 92 valence electrons. The molecule has 0 aliphatic heterocycles. The topological polar surface area (TPSA) is 118 Å². The zero-order chi connectivity index (χ0) is 12.8. The maximum absolute atomic E-state index is 11.6. The van der Waals surface area contributed by atoms with Gasteiger partial charge in [-0.3, -0.25) is 9.59 Å². The maximum atomic E-state index is 11.6. The molecule has 0 saturated carbocycles. The van der Waals surface area contributed by atoms with Crippen LogP contribution >= 0.6 is 0 Å². The van der Waals surface area contributed by atoms with Gasteiger partial charge in [0.25, 0.3) is 5.91 Å². The van der Waals surface area contributed by atoms with Crippen molar-refractivity contribution in [2.24, 2.45) is 0 Å². The number of aliphatic carboxylic acids is 1. The van der Waals surface area contributed by atoms with E-state index in [2.05, 4.69) is 5.32 Å². The second-order valence-electron chi connectivity index (χ2n) is 3.60. The van der Waals surface area contributed by atoms with Crippen LogP contribution in [0, 0.1) is 0 Å². The van der Waals surface area contributed by atoms with Gasteiger partial charge in [-0.1, -0.05) is 0 Å². The molecule has 1 amide bonds. The minimum atomic E-state index is -0.879. The van der Waals surface area contributed by atoms with Crippen molar-refractivity contribution < 1.29 is 14.7 Å². The molecule has 0 radical (unpaired) electrons.